The van der Waals surface area contributed by atoms with Crippen LogP contribution in [0.3, 0.4) is 0 Å². The standard InChI is InChI=1S/C15H21NO2S/c16-14(12-6-5-11-19-12)15(8-2-3-9-15)18-13-7-1-4-10-17-13/h5-6,11,13,16H,1-4,7-10H2. The second-order valence-corrected chi connectivity index (χ2v) is 6.42. The van der Waals surface area contributed by atoms with Gasteiger partial charge < -0.3 is 14.9 Å². The average Bonchev–Trinajstić information content (AvgIpc) is 3.11. The van der Waals surface area contributed by atoms with Crippen LogP contribution in [0, 0.1) is 5.41 Å². The van der Waals surface area contributed by atoms with Crippen LogP contribution in [0.4, 0.5) is 0 Å². The zero-order valence-electron chi connectivity index (χ0n) is 11.2. The Labute approximate surface area is 118 Å². The summed E-state index contributed by atoms with van der Waals surface area (Å²) in [6.07, 6.45) is 7.41. The highest BCUT2D eigenvalue weighted by atomic mass is 32.1. The highest BCUT2D eigenvalue weighted by Crippen LogP contribution is 2.39. The smallest absolute Gasteiger partial charge is 0.158 e. The van der Waals surface area contributed by atoms with Crippen molar-refractivity contribution in [2.75, 3.05) is 6.61 Å². The van der Waals surface area contributed by atoms with Gasteiger partial charge in [-0.15, -0.1) is 11.3 Å². The van der Waals surface area contributed by atoms with E-state index in [0.717, 1.165) is 50.0 Å². The number of ether oxygens (including phenoxy) is 2. The van der Waals surface area contributed by atoms with E-state index < -0.39 is 5.60 Å². The molecular formula is C15H21NO2S. The first-order valence-electron chi connectivity index (χ1n) is 7.22. The minimum absolute atomic E-state index is 0.104. The van der Waals surface area contributed by atoms with Crippen molar-refractivity contribution in [3.05, 3.63) is 22.4 Å². The minimum Gasteiger partial charge on any atom is -0.353 e. The molecule has 104 valence electrons. The normalized spacial score (nSPS) is 26.4. The maximum absolute atomic E-state index is 8.54. The maximum Gasteiger partial charge on any atom is 0.158 e. The molecule has 0 bridgehead atoms. The molecule has 2 fully saturated rings. The van der Waals surface area contributed by atoms with E-state index in [-0.39, 0.29) is 6.29 Å². The SMILES string of the molecule is N=C(c1cccs1)C1(OC2CCCCO2)CCCC1. The molecule has 1 atom stereocenters. The van der Waals surface area contributed by atoms with Gasteiger partial charge in [0.25, 0.3) is 0 Å². The molecule has 1 saturated heterocycles. The molecule has 0 radical (unpaired) electrons. The molecule has 1 N–H and O–H groups in total. The van der Waals surface area contributed by atoms with Crippen molar-refractivity contribution in [1.82, 2.24) is 0 Å². The molecular weight excluding hydrogens is 258 g/mol. The lowest BCUT2D eigenvalue weighted by Crippen LogP contribution is -2.43. The molecule has 1 aromatic heterocycles. The predicted octanol–water partition coefficient (Wildman–Crippen LogP) is 3.97. The van der Waals surface area contributed by atoms with E-state index in [1.807, 2.05) is 17.5 Å². The van der Waals surface area contributed by atoms with Crippen molar-refractivity contribution in [2.45, 2.75) is 56.8 Å². The minimum atomic E-state index is -0.396. The number of nitrogens with one attached hydrogen (secondary N) is 1. The fourth-order valence-corrected chi connectivity index (χ4v) is 3.84. The molecule has 1 unspecified atom stereocenters. The van der Waals surface area contributed by atoms with E-state index in [1.165, 1.54) is 6.42 Å². The summed E-state index contributed by atoms with van der Waals surface area (Å²) >= 11 is 1.63. The first-order chi connectivity index (χ1) is 9.30. The molecule has 0 spiro atoms. The average molecular weight is 279 g/mol. The number of thiophene rings is 1. The summed E-state index contributed by atoms with van der Waals surface area (Å²) in [6.45, 7) is 0.799. The van der Waals surface area contributed by atoms with Crippen LogP contribution in [-0.2, 0) is 9.47 Å². The Hall–Kier alpha value is -0.710. The van der Waals surface area contributed by atoms with Gasteiger partial charge in [0, 0.05) is 6.61 Å². The topological polar surface area (TPSA) is 42.3 Å². The largest absolute Gasteiger partial charge is 0.353 e. The van der Waals surface area contributed by atoms with Crippen LogP contribution in [0.5, 0.6) is 0 Å². The van der Waals surface area contributed by atoms with Crippen molar-refractivity contribution in [2.24, 2.45) is 0 Å². The second-order valence-electron chi connectivity index (χ2n) is 5.47. The first-order valence-corrected chi connectivity index (χ1v) is 8.10. The Morgan fingerprint density at radius 2 is 2.16 bits per heavy atom. The highest BCUT2D eigenvalue weighted by Gasteiger charge is 2.42. The summed E-state index contributed by atoms with van der Waals surface area (Å²) < 4.78 is 12.0. The second kappa shape index (κ2) is 5.73. The van der Waals surface area contributed by atoms with Crippen LogP contribution < -0.4 is 0 Å². The Bertz CT molecular complexity index is 417. The third-order valence-electron chi connectivity index (χ3n) is 4.13. The quantitative estimate of drug-likeness (QED) is 0.847. The molecule has 3 rings (SSSR count). The number of rotatable bonds is 4. The molecule has 3 nitrogen and oxygen atoms in total. The molecule has 0 aromatic carbocycles. The van der Waals surface area contributed by atoms with Crippen LogP contribution in [0.15, 0.2) is 17.5 Å². The van der Waals surface area contributed by atoms with E-state index in [1.54, 1.807) is 11.3 Å². The van der Waals surface area contributed by atoms with E-state index in [2.05, 4.69) is 0 Å². The summed E-state index contributed by atoms with van der Waals surface area (Å²) in [6, 6.07) is 4.03. The Balaban J connectivity index is 1.76. The van der Waals surface area contributed by atoms with Crippen LogP contribution in [-0.4, -0.2) is 24.2 Å². The van der Waals surface area contributed by atoms with Gasteiger partial charge in [0.15, 0.2) is 6.29 Å². The number of hydrogen-bond donors (Lipinski definition) is 1. The summed E-state index contributed by atoms with van der Waals surface area (Å²) in [5.41, 5.74) is 0.265. The van der Waals surface area contributed by atoms with Crippen molar-refractivity contribution < 1.29 is 9.47 Å². The maximum atomic E-state index is 8.54. The van der Waals surface area contributed by atoms with Gasteiger partial charge in [-0.1, -0.05) is 18.9 Å². The first kappa shape index (κ1) is 13.3. The highest BCUT2D eigenvalue weighted by molar-refractivity contribution is 7.12. The van der Waals surface area contributed by atoms with Crippen LogP contribution in [0.25, 0.3) is 0 Å². The van der Waals surface area contributed by atoms with E-state index in [9.17, 15) is 0 Å². The fraction of sp³-hybridized carbons (Fsp3) is 0.667. The van der Waals surface area contributed by atoms with Gasteiger partial charge in [-0.05, 0) is 43.6 Å². The third-order valence-corrected chi connectivity index (χ3v) is 5.02. The van der Waals surface area contributed by atoms with Crippen LogP contribution in [0.2, 0.25) is 0 Å². The summed E-state index contributed by atoms with van der Waals surface area (Å²) in [4.78, 5) is 1.04. The van der Waals surface area contributed by atoms with Gasteiger partial charge in [-0.3, -0.25) is 0 Å². The molecule has 2 heterocycles. The Kier molecular flexibility index (Phi) is 4.01. The van der Waals surface area contributed by atoms with E-state index in [4.69, 9.17) is 14.9 Å². The molecule has 19 heavy (non-hydrogen) atoms. The van der Waals surface area contributed by atoms with Gasteiger partial charge in [0.2, 0.25) is 0 Å². The van der Waals surface area contributed by atoms with Gasteiger partial charge in [-0.2, -0.15) is 0 Å². The predicted molar refractivity (Wildman–Crippen MR) is 77.0 cm³/mol. The lowest BCUT2D eigenvalue weighted by molar-refractivity contribution is -0.203. The summed E-state index contributed by atoms with van der Waals surface area (Å²) in [5.74, 6) is 0. The molecule has 1 aliphatic carbocycles. The third kappa shape index (κ3) is 2.76. The van der Waals surface area contributed by atoms with Crippen molar-refractivity contribution in [1.29, 1.82) is 5.41 Å². The molecule has 1 aliphatic heterocycles. The fourth-order valence-electron chi connectivity index (χ4n) is 3.07. The van der Waals surface area contributed by atoms with Gasteiger partial charge in [0.05, 0.1) is 10.6 Å². The zero-order valence-corrected chi connectivity index (χ0v) is 12.0. The van der Waals surface area contributed by atoms with E-state index >= 15 is 0 Å². The lowest BCUT2D eigenvalue weighted by atomic mass is 9.94. The lowest BCUT2D eigenvalue weighted by Gasteiger charge is -2.35. The summed E-state index contributed by atoms with van der Waals surface area (Å²) in [7, 11) is 0. The monoisotopic (exact) mass is 279 g/mol. The Morgan fingerprint density at radius 3 is 2.79 bits per heavy atom. The molecule has 0 amide bonds. The van der Waals surface area contributed by atoms with E-state index in [0.29, 0.717) is 5.71 Å². The zero-order chi connectivity index (χ0) is 13.1. The Morgan fingerprint density at radius 1 is 1.32 bits per heavy atom. The molecule has 1 saturated carbocycles. The van der Waals surface area contributed by atoms with Crippen molar-refractivity contribution in [3.63, 3.8) is 0 Å². The van der Waals surface area contributed by atoms with Crippen LogP contribution >= 0.6 is 11.3 Å². The van der Waals surface area contributed by atoms with Gasteiger partial charge in [0.1, 0.15) is 5.60 Å². The van der Waals surface area contributed by atoms with Crippen molar-refractivity contribution >= 4 is 17.0 Å². The molecule has 4 heteroatoms. The molecule has 1 aromatic rings. The van der Waals surface area contributed by atoms with Gasteiger partial charge in [-0.25, -0.2) is 0 Å². The summed E-state index contributed by atoms with van der Waals surface area (Å²) in [5, 5.41) is 10.6. The van der Waals surface area contributed by atoms with Crippen molar-refractivity contribution in [3.8, 4) is 0 Å². The van der Waals surface area contributed by atoms with Crippen LogP contribution in [0.1, 0.15) is 49.8 Å². The van der Waals surface area contributed by atoms with Gasteiger partial charge >= 0.3 is 0 Å². The number of hydrogen-bond acceptors (Lipinski definition) is 4. The molecule has 2 aliphatic rings.